The minimum atomic E-state index is -0.477. The van der Waals surface area contributed by atoms with Crippen molar-refractivity contribution in [1.29, 1.82) is 0 Å². The monoisotopic (exact) mass is 1530 g/mol. The topological polar surface area (TPSA) is 96.2 Å². The van der Waals surface area contributed by atoms with Crippen LogP contribution in [0.4, 0.5) is 0 Å². The SMILES string of the molecule is C=CC(=O)OCCOc1c2cc(CCCCCCCCCCCCCCCCCC)cc1Cc1cc(CCCCCCCCCCCCCCCCCC)cc(c1O)Cc1cc(CCCCCCCCCCCCCCCCCC)cc(c1O)Cc1cc(CCCCCCCCCCCCCCCCCC)cc(c1O)C2. The van der Waals surface area contributed by atoms with Crippen molar-refractivity contribution in [2.75, 3.05) is 13.2 Å². The van der Waals surface area contributed by atoms with Gasteiger partial charge in [0.25, 0.3) is 0 Å². The highest BCUT2D eigenvalue weighted by Crippen LogP contribution is 2.41. The summed E-state index contributed by atoms with van der Waals surface area (Å²) in [5, 5.41) is 38.7. The van der Waals surface area contributed by atoms with Gasteiger partial charge in [-0.05, 0) is 118 Å². The van der Waals surface area contributed by atoms with Gasteiger partial charge >= 0.3 is 5.97 Å². The van der Waals surface area contributed by atoms with Gasteiger partial charge in [0.15, 0.2) is 0 Å². The average molecular weight is 1530 g/mol. The molecule has 0 saturated carbocycles. The molecular weight excluding hydrogens is 1360 g/mol. The first-order chi connectivity index (χ1) is 54.7. The Morgan fingerprint density at radius 1 is 0.261 bits per heavy atom. The summed E-state index contributed by atoms with van der Waals surface area (Å²) in [7, 11) is 0. The molecule has 0 unspecified atom stereocenters. The third-order valence-corrected chi connectivity index (χ3v) is 24.8. The Kier molecular flexibility index (Phi) is 58.0. The zero-order valence-corrected chi connectivity index (χ0v) is 73.3. The number of phenolic OH excluding ortho intramolecular Hbond substituents is 3. The lowest BCUT2D eigenvalue weighted by Crippen LogP contribution is -2.13. The highest BCUT2D eigenvalue weighted by atomic mass is 16.6. The predicted molar refractivity (Wildman–Crippen MR) is 482 cm³/mol. The fourth-order valence-electron chi connectivity index (χ4n) is 17.8. The number of fused-ring (bicyclic) bond motifs is 8. The normalized spacial score (nSPS) is 12.2. The van der Waals surface area contributed by atoms with E-state index in [0.717, 1.165) is 102 Å². The highest BCUT2D eigenvalue weighted by Gasteiger charge is 2.24. The van der Waals surface area contributed by atoms with Crippen LogP contribution in [0.25, 0.3) is 0 Å². The molecule has 0 heterocycles. The van der Waals surface area contributed by atoms with Gasteiger partial charge in [-0.1, -0.05) is 468 Å². The second-order valence-electron chi connectivity index (χ2n) is 35.2. The molecule has 0 saturated heterocycles. The maximum atomic E-state index is 13.0. The highest BCUT2D eigenvalue weighted by molar-refractivity contribution is 5.81. The number of aromatic hydroxyl groups is 3. The molecule has 0 atom stereocenters. The number of ether oxygens (including phenoxy) is 2. The van der Waals surface area contributed by atoms with Gasteiger partial charge in [0.05, 0.1) is 0 Å². The molecule has 111 heavy (non-hydrogen) atoms. The van der Waals surface area contributed by atoms with Crippen LogP contribution in [0.5, 0.6) is 23.0 Å². The van der Waals surface area contributed by atoms with E-state index in [9.17, 15) is 20.1 Å². The number of esters is 1. The molecule has 4 aromatic rings. The molecule has 6 nitrogen and oxygen atoms in total. The summed E-state index contributed by atoms with van der Waals surface area (Å²) < 4.78 is 12.5. The van der Waals surface area contributed by atoms with Gasteiger partial charge in [0, 0.05) is 31.8 Å². The molecule has 0 spiro atoms. The molecule has 0 amide bonds. The van der Waals surface area contributed by atoms with Gasteiger partial charge in [-0.3, -0.25) is 0 Å². The molecule has 0 fully saturated rings. The van der Waals surface area contributed by atoms with Crippen LogP contribution < -0.4 is 4.74 Å². The van der Waals surface area contributed by atoms with Crippen LogP contribution in [0.3, 0.4) is 0 Å². The van der Waals surface area contributed by atoms with Crippen molar-refractivity contribution in [1.82, 2.24) is 0 Å². The maximum Gasteiger partial charge on any atom is 0.330 e. The van der Waals surface area contributed by atoms with Crippen molar-refractivity contribution in [3.8, 4) is 23.0 Å². The van der Waals surface area contributed by atoms with E-state index < -0.39 is 5.97 Å². The Labute approximate surface area is 685 Å². The molecule has 1 aliphatic carbocycles. The van der Waals surface area contributed by atoms with E-state index in [1.54, 1.807) is 0 Å². The van der Waals surface area contributed by atoms with E-state index in [1.165, 1.54) is 414 Å². The first-order valence-corrected chi connectivity index (χ1v) is 48.7. The summed E-state index contributed by atoms with van der Waals surface area (Å²) in [5.41, 5.74) is 12.1. The maximum absolute atomic E-state index is 13.0. The molecule has 4 aromatic carbocycles. The Morgan fingerprint density at radius 2 is 0.423 bits per heavy atom. The van der Waals surface area contributed by atoms with Crippen LogP contribution in [0.1, 0.15) is 505 Å². The summed E-state index contributed by atoms with van der Waals surface area (Å²) in [5.74, 6) is 1.12. The van der Waals surface area contributed by atoms with E-state index in [2.05, 4.69) is 82.8 Å². The van der Waals surface area contributed by atoms with Crippen LogP contribution in [0.15, 0.2) is 61.2 Å². The Morgan fingerprint density at radius 3 is 0.604 bits per heavy atom. The van der Waals surface area contributed by atoms with Gasteiger partial charge in [0.1, 0.15) is 36.2 Å². The van der Waals surface area contributed by atoms with Crippen molar-refractivity contribution < 1.29 is 29.6 Å². The number of benzene rings is 4. The van der Waals surface area contributed by atoms with Gasteiger partial charge in [-0.15, -0.1) is 0 Å². The van der Waals surface area contributed by atoms with Crippen molar-refractivity contribution >= 4 is 5.97 Å². The van der Waals surface area contributed by atoms with Crippen LogP contribution in [0, 0.1) is 0 Å². The predicted octanol–water partition coefficient (Wildman–Crippen LogP) is 32.8. The second kappa shape index (κ2) is 66.4. The van der Waals surface area contributed by atoms with Crippen molar-refractivity contribution in [2.45, 2.75) is 490 Å². The number of phenols is 3. The average Bonchev–Trinajstić information content (AvgIpc) is 0.780. The van der Waals surface area contributed by atoms with Crippen LogP contribution in [-0.4, -0.2) is 34.5 Å². The summed E-state index contributed by atoms with van der Waals surface area (Å²) in [6, 6.07) is 18.2. The Bertz CT molecular complexity index is 2790. The number of hydrogen-bond donors (Lipinski definition) is 3. The molecule has 3 N–H and O–H groups in total. The molecule has 8 bridgehead atoms. The number of rotatable bonds is 73. The Balaban J connectivity index is 1.42. The lowest BCUT2D eigenvalue weighted by molar-refractivity contribution is -0.138. The van der Waals surface area contributed by atoms with Crippen LogP contribution >= 0.6 is 0 Å². The van der Waals surface area contributed by atoms with Gasteiger partial charge in [-0.25, -0.2) is 4.79 Å². The van der Waals surface area contributed by atoms with E-state index >= 15 is 0 Å². The molecule has 5 rings (SSSR count). The largest absolute Gasteiger partial charge is 0.507 e. The number of carbonyl (C=O) groups is 1. The van der Waals surface area contributed by atoms with E-state index in [-0.39, 0.29) is 19.0 Å². The quantitative estimate of drug-likeness (QED) is 0.0204. The molecular formula is C105H174O6. The molecule has 0 aromatic heterocycles. The zero-order chi connectivity index (χ0) is 78.9. The lowest BCUT2D eigenvalue weighted by Gasteiger charge is -2.22. The summed E-state index contributed by atoms with van der Waals surface area (Å²) in [6.45, 7) is 13.1. The van der Waals surface area contributed by atoms with Gasteiger partial charge in [0.2, 0.25) is 0 Å². The molecule has 630 valence electrons. The summed E-state index contributed by atoms with van der Waals surface area (Å²) >= 11 is 0. The third-order valence-electron chi connectivity index (χ3n) is 24.8. The molecule has 1 aliphatic rings. The standard InChI is InChI=1S/C105H174O6/c1-6-11-15-19-23-27-31-35-39-43-47-51-55-59-63-67-71-89-77-93-85-95-79-90(72-68-64-60-56-52-48-44-40-36-32-28-24-20-16-12-7-2)81-97(103(95)108)87-99-83-92(74-70-66-62-58-54-50-46-42-38-34-30-26-22-18-14-9-4)84-100(105(99)111-76-75-110-101(106)10-5)88-98-82-91(80-96(104(98)109)86-94(78-89)102(93)107)73-69-65-61-57-53-49-45-41-37-33-29-25-21-17-13-8-3/h10,77-84,107-109H,5-9,11-76,85-88H2,1-4H3. The number of hydrogen-bond acceptors (Lipinski definition) is 6. The second-order valence-corrected chi connectivity index (χ2v) is 35.2. The van der Waals surface area contributed by atoms with Crippen molar-refractivity contribution in [3.05, 3.63) is 128 Å². The fraction of sp³-hybridized carbons (Fsp3) is 0.743. The molecule has 6 heteroatoms. The first kappa shape index (κ1) is 96.9. The molecule has 0 aliphatic heterocycles. The van der Waals surface area contributed by atoms with Crippen molar-refractivity contribution in [2.24, 2.45) is 0 Å². The van der Waals surface area contributed by atoms with E-state index in [0.29, 0.717) is 37.2 Å². The number of aryl methyl sites for hydroxylation is 4. The smallest absolute Gasteiger partial charge is 0.330 e. The summed E-state index contributed by atoms with van der Waals surface area (Å²) in [4.78, 5) is 12.5. The van der Waals surface area contributed by atoms with Crippen LogP contribution in [-0.2, 0) is 60.9 Å². The Hall–Kier alpha value is -4.71. The van der Waals surface area contributed by atoms with E-state index in [1.807, 2.05) is 0 Å². The summed E-state index contributed by atoms with van der Waals surface area (Å²) in [6.07, 6.45) is 92.1. The van der Waals surface area contributed by atoms with Crippen molar-refractivity contribution in [3.63, 3.8) is 0 Å². The minimum Gasteiger partial charge on any atom is -0.507 e. The van der Waals surface area contributed by atoms with Gasteiger partial charge < -0.3 is 24.8 Å². The number of unbranched alkanes of at least 4 members (excludes halogenated alkanes) is 60. The minimum absolute atomic E-state index is 0.0712. The zero-order valence-electron chi connectivity index (χ0n) is 73.3. The van der Waals surface area contributed by atoms with Gasteiger partial charge in [-0.2, -0.15) is 0 Å². The molecule has 0 radical (unpaired) electrons. The first-order valence-electron chi connectivity index (χ1n) is 48.7. The van der Waals surface area contributed by atoms with E-state index in [4.69, 9.17) is 9.47 Å². The number of carbonyl (C=O) groups excluding carboxylic acids is 1. The van der Waals surface area contributed by atoms with Crippen LogP contribution in [0.2, 0.25) is 0 Å². The third kappa shape index (κ3) is 46.0. The lowest BCUT2D eigenvalue weighted by atomic mass is 9.87. The fourth-order valence-corrected chi connectivity index (χ4v) is 17.8.